The van der Waals surface area contributed by atoms with Gasteiger partial charge in [0.15, 0.2) is 0 Å². The van der Waals surface area contributed by atoms with E-state index in [-0.39, 0.29) is 10.9 Å². The fraction of sp³-hybridized carbons (Fsp3) is 0.350. The normalized spacial score (nSPS) is 24.8. The fourth-order valence-corrected chi connectivity index (χ4v) is 6.07. The molecular weight excluding hydrogens is 366 g/mol. The number of nitrogens with zero attached hydrogens (tertiary/aromatic N) is 1. The van der Waals surface area contributed by atoms with Crippen molar-refractivity contribution >= 4 is 16.0 Å². The van der Waals surface area contributed by atoms with Crippen molar-refractivity contribution in [3.05, 3.63) is 60.2 Å². The topological polar surface area (TPSA) is 83.9 Å². The molecule has 6 nitrogen and oxygen atoms in total. The molecule has 7 heteroatoms. The lowest BCUT2D eigenvalue weighted by Gasteiger charge is -2.22. The zero-order valence-corrected chi connectivity index (χ0v) is 15.5. The maximum Gasteiger partial charge on any atom is 0.308 e. The van der Waals surface area contributed by atoms with Gasteiger partial charge in [-0.05, 0) is 49.1 Å². The molecule has 2 heterocycles. The summed E-state index contributed by atoms with van der Waals surface area (Å²) in [5, 5.41) is 9.34. The summed E-state index contributed by atoms with van der Waals surface area (Å²) < 4.78 is 33.2. The van der Waals surface area contributed by atoms with E-state index in [0.717, 1.165) is 12.0 Å². The molecule has 2 aliphatic heterocycles. The molecule has 0 saturated carbocycles. The van der Waals surface area contributed by atoms with Gasteiger partial charge in [-0.1, -0.05) is 30.3 Å². The summed E-state index contributed by atoms with van der Waals surface area (Å²) in [5.41, 5.74) is 1.03. The van der Waals surface area contributed by atoms with Crippen LogP contribution in [0.5, 0.6) is 5.75 Å². The van der Waals surface area contributed by atoms with Crippen molar-refractivity contribution in [3.8, 4) is 5.75 Å². The molecule has 0 radical (unpaired) electrons. The molecule has 1 N–H and O–H groups in total. The van der Waals surface area contributed by atoms with Crippen molar-refractivity contribution in [2.24, 2.45) is 5.92 Å². The quantitative estimate of drug-likeness (QED) is 0.824. The SMILES string of the molecule is O=C(O)C1CC2CCC1N2S(=O)(=O)c1ccc(OCc2ccccc2)cc1. The van der Waals surface area contributed by atoms with Gasteiger partial charge in [0.2, 0.25) is 10.0 Å². The van der Waals surface area contributed by atoms with Crippen LogP contribution in [0.25, 0.3) is 0 Å². The molecule has 2 aliphatic rings. The zero-order valence-electron chi connectivity index (χ0n) is 14.7. The third-order valence-corrected chi connectivity index (χ3v) is 7.43. The van der Waals surface area contributed by atoms with Gasteiger partial charge < -0.3 is 9.84 Å². The molecule has 0 aromatic heterocycles. The van der Waals surface area contributed by atoms with Crippen LogP contribution in [0.15, 0.2) is 59.5 Å². The molecule has 2 fully saturated rings. The average Bonchev–Trinajstić information content (AvgIpc) is 3.27. The van der Waals surface area contributed by atoms with E-state index in [4.69, 9.17) is 4.74 Å². The van der Waals surface area contributed by atoms with E-state index in [1.807, 2.05) is 30.3 Å². The minimum absolute atomic E-state index is 0.178. The van der Waals surface area contributed by atoms with Crippen molar-refractivity contribution in [3.63, 3.8) is 0 Å². The number of hydrogen-bond acceptors (Lipinski definition) is 4. The summed E-state index contributed by atoms with van der Waals surface area (Å²) in [5.74, 6) is -0.926. The predicted octanol–water partition coefficient (Wildman–Crippen LogP) is 2.89. The lowest BCUT2D eigenvalue weighted by molar-refractivity contribution is -0.142. The van der Waals surface area contributed by atoms with Gasteiger partial charge in [0.05, 0.1) is 10.8 Å². The molecule has 0 spiro atoms. The van der Waals surface area contributed by atoms with E-state index in [0.29, 0.717) is 25.2 Å². The van der Waals surface area contributed by atoms with Crippen LogP contribution in [0.3, 0.4) is 0 Å². The molecular formula is C20H21NO5S. The Morgan fingerprint density at radius 3 is 2.41 bits per heavy atom. The van der Waals surface area contributed by atoms with Crippen LogP contribution in [0.2, 0.25) is 0 Å². The summed E-state index contributed by atoms with van der Waals surface area (Å²) in [6.07, 6.45) is 1.74. The first-order chi connectivity index (χ1) is 13.0. The minimum atomic E-state index is -3.71. The number of hydrogen-bond donors (Lipinski definition) is 1. The zero-order chi connectivity index (χ0) is 19.0. The van der Waals surface area contributed by atoms with E-state index in [2.05, 4.69) is 0 Å². The number of benzene rings is 2. The molecule has 3 atom stereocenters. The van der Waals surface area contributed by atoms with Gasteiger partial charge in [-0.15, -0.1) is 0 Å². The van der Waals surface area contributed by atoms with Gasteiger partial charge in [0, 0.05) is 12.1 Å². The molecule has 0 amide bonds. The van der Waals surface area contributed by atoms with E-state index < -0.39 is 28.0 Å². The second kappa shape index (κ2) is 6.98. The summed E-state index contributed by atoms with van der Waals surface area (Å²) >= 11 is 0. The van der Waals surface area contributed by atoms with Gasteiger partial charge in [0.1, 0.15) is 12.4 Å². The molecule has 2 aromatic carbocycles. The standard InChI is InChI=1S/C20H21NO5S/c22-20(23)18-12-15-6-11-19(18)21(15)27(24,25)17-9-7-16(8-10-17)26-13-14-4-2-1-3-5-14/h1-5,7-10,15,18-19H,6,11-13H2,(H,22,23). The molecule has 2 bridgehead atoms. The Kier molecular flexibility index (Phi) is 4.65. The Bertz CT molecular complexity index is 927. The summed E-state index contributed by atoms with van der Waals surface area (Å²) in [7, 11) is -3.71. The first kappa shape index (κ1) is 18.0. The van der Waals surface area contributed by atoms with Gasteiger partial charge in [0.25, 0.3) is 0 Å². The van der Waals surface area contributed by atoms with Crippen LogP contribution in [-0.4, -0.2) is 35.9 Å². The van der Waals surface area contributed by atoms with Crippen molar-refractivity contribution in [2.75, 3.05) is 0 Å². The third-order valence-electron chi connectivity index (χ3n) is 5.44. The van der Waals surface area contributed by atoms with Crippen LogP contribution in [0, 0.1) is 5.92 Å². The van der Waals surface area contributed by atoms with Crippen molar-refractivity contribution in [1.29, 1.82) is 0 Å². The Labute approximate surface area is 158 Å². The number of carboxylic acid groups (broad SMARTS) is 1. The van der Waals surface area contributed by atoms with E-state index in [1.165, 1.54) is 16.4 Å². The van der Waals surface area contributed by atoms with Gasteiger partial charge >= 0.3 is 5.97 Å². The number of sulfonamides is 1. The average molecular weight is 387 g/mol. The van der Waals surface area contributed by atoms with E-state index >= 15 is 0 Å². The van der Waals surface area contributed by atoms with E-state index in [1.54, 1.807) is 12.1 Å². The number of carbonyl (C=O) groups is 1. The van der Waals surface area contributed by atoms with Crippen LogP contribution in [-0.2, 0) is 21.4 Å². The molecule has 2 saturated heterocycles. The number of fused-ring (bicyclic) bond motifs is 2. The summed E-state index contributed by atoms with van der Waals surface area (Å²) in [6.45, 7) is 0.406. The Morgan fingerprint density at radius 1 is 1.07 bits per heavy atom. The number of rotatable bonds is 6. The molecule has 2 aromatic rings. The predicted molar refractivity (Wildman–Crippen MR) is 98.8 cm³/mol. The minimum Gasteiger partial charge on any atom is -0.489 e. The Balaban J connectivity index is 1.49. The van der Waals surface area contributed by atoms with Crippen LogP contribution in [0.4, 0.5) is 0 Å². The Hall–Kier alpha value is -2.38. The maximum absolute atomic E-state index is 13.0. The summed E-state index contributed by atoms with van der Waals surface area (Å²) in [6, 6.07) is 15.4. The van der Waals surface area contributed by atoms with Crippen LogP contribution >= 0.6 is 0 Å². The first-order valence-electron chi connectivity index (χ1n) is 9.00. The van der Waals surface area contributed by atoms with Crippen LogP contribution in [0.1, 0.15) is 24.8 Å². The molecule has 3 unspecified atom stereocenters. The van der Waals surface area contributed by atoms with Crippen LogP contribution < -0.4 is 4.74 Å². The van der Waals surface area contributed by atoms with Gasteiger partial charge in [-0.2, -0.15) is 4.31 Å². The number of aliphatic carboxylic acids is 1. The molecule has 27 heavy (non-hydrogen) atoms. The highest BCUT2D eigenvalue weighted by Crippen LogP contribution is 2.45. The highest BCUT2D eigenvalue weighted by atomic mass is 32.2. The molecule has 0 aliphatic carbocycles. The number of ether oxygens (including phenoxy) is 1. The highest BCUT2D eigenvalue weighted by molar-refractivity contribution is 7.89. The van der Waals surface area contributed by atoms with Crippen molar-refractivity contribution < 1.29 is 23.1 Å². The Morgan fingerprint density at radius 2 is 1.78 bits per heavy atom. The van der Waals surface area contributed by atoms with Crippen molar-refractivity contribution in [1.82, 2.24) is 4.31 Å². The van der Waals surface area contributed by atoms with E-state index in [9.17, 15) is 18.3 Å². The summed E-state index contributed by atoms with van der Waals surface area (Å²) in [4.78, 5) is 11.6. The third kappa shape index (κ3) is 3.33. The maximum atomic E-state index is 13.0. The second-order valence-electron chi connectivity index (χ2n) is 7.06. The number of carboxylic acids is 1. The monoisotopic (exact) mass is 387 g/mol. The smallest absolute Gasteiger partial charge is 0.308 e. The fourth-order valence-electron chi connectivity index (χ4n) is 4.15. The largest absolute Gasteiger partial charge is 0.489 e. The van der Waals surface area contributed by atoms with Crippen molar-refractivity contribution in [2.45, 2.75) is 42.8 Å². The molecule has 142 valence electrons. The molecule has 4 rings (SSSR count). The second-order valence-corrected chi connectivity index (χ2v) is 8.90. The van der Waals surface area contributed by atoms with Gasteiger partial charge in [-0.3, -0.25) is 4.79 Å². The van der Waals surface area contributed by atoms with Gasteiger partial charge in [-0.25, -0.2) is 8.42 Å². The highest BCUT2D eigenvalue weighted by Gasteiger charge is 2.54. The first-order valence-corrected chi connectivity index (χ1v) is 10.4. The lowest BCUT2D eigenvalue weighted by Crippen LogP contribution is -2.37. The lowest BCUT2D eigenvalue weighted by atomic mass is 9.89.